The van der Waals surface area contributed by atoms with E-state index in [2.05, 4.69) is 60.0 Å². The largest absolute Gasteiger partial charge is 0.377 e. The van der Waals surface area contributed by atoms with Crippen LogP contribution < -0.4 is 5.56 Å². The highest BCUT2D eigenvalue weighted by atomic mass is 16.5. The molecule has 33 heavy (non-hydrogen) atoms. The summed E-state index contributed by atoms with van der Waals surface area (Å²) in [5.41, 5.74) is 2.41. The lowest BCUT2D eigenvalue weighted by Gasteiger charge is -2.36. The minimum absolute atomic E-state index is 0.0490. The Kier molecular flexibility index (Phi) is 6.68. The average Bonchev–Trinajstić information content (AvgIpc) is 3.41. The van der Waals surface area contributed by atoms with Crippen molar-refractivity contribution in [1.29, 1.82) is 0 Å². The van der Waals surface area contributed by atoms with E-state index in [-0.39, 0.29) is 29.2 Å². The fraction of sp³-hybridized carbons (Fsp3) is 0.600. The molecule has 1 aliphatic rings. The molecule has 1 N–H and O–H groups in total. The maximum Gasteiger partial charge on any atom is 0.252 e. The first-order chi connectivity index (χ1) is 15.6. The van der Waals surface area contributed by atoms with Gasteiger partial charge in [-0.05, 0) is 73.9 Å². The van der Waals surface area contributed by atoms with Crippen molar-refractivity contribution in [3.8, 4) is 0 Å². The molecule has 178 valence electrons. The number of nitrogens with one attached hydrogen (secondary N) is 1. The standard InChI is InChI=1S/C25H36N6O2/c1-16(2)22(23-27-28-29-31(23)25(4,5)6)30(15-20-11-8-12-33-20)14-19-13-18-10-7-9-17(3)21(18)26-24(19)32/h7,9-10,13,16,20,22H,8,11-12,14-15H2,1-6H3,(H,26,32). The molecule has 2 atom stereocenters. The summed E-state index contributed by atoms with van der Waals surface area (Å²) in [6, 6.07) is 8.05. The molecule has 3 heterocycles. The van der Waals surface area contributed by atoms with Crippen LogP contribution in [0.25, 0.3) is 10.9 Å². The molecule has 2 unspecified atom stereocenters. The third kappa shape index (κ3) is 5.01. The third-order valence-electron chi connectivity index (χ3n) is 6.42. The molecule has 4 rings (SSSR count). The Bertz CT molecular complexity index is 1150. The molecule has 8 heteroatoms. The summed E-state index contributed by atoms with van der Waals surface area (Å²) in [6.45, 7) is 14.7. The summed E-state index contributed by atoms with van der Waals surface area (Å²) >= 11 is 0. The molecule has 1 saturated heterocycles. The lowest BCUT2D eigenvalue weighted by Crippen LogP contribution is -2.41. The maximum absolute atomic E-state index is 13.1. The average molecular weight is 453 g/mol. The van der Waals surface area contributed by atoms with Crippen molar-refractivity contribution in [3.05, 3.63) is 51.6 Å². The summed E-state index contributed by atoms with van der Waals surface area (Å²) in [7, 11) is 0. The van der Waals surface area contributed by atoms with E-state index in [1.165, 1.54) is 0 Å². The second-order valence-electron chi connectivity index (χ2n) is 10.5. The van der Waals surface area contributed by atoms with E-state index in [0.717, 1.165) is 53.8 Å². The lowest BCUT2D eigenvalue weighted by molar-refractivity contribution is 0.0371. The number of rotatable bonds is 7. The number of hydrogen-bond donors (Lipinski definition) is 1. The smallest absolute Gasteiger partial charge is 0.252 e. The van der Waals surface area contributed by atoms with Crippen LogP contribution in [-0.2, 0) is 16.8 Å². The maximum atomic E-state index is 13.1. The number of aromatic nitrogens is 5. The lowest BCUT2D eigenvalue weighted by atomic mass is 9.98. The SMILES string of the molecule is Cc1cccc2cc(CN(CC3CCCO3)C(c3nnnn3C(C)(C)C)C(C)C)c(=O)[nH]c12. The Morgan fingerprint density at radius 1 is 1.30 bits per heavy atom. The summed E-state index contributed by atoms with van der Waals surface area (Å²) in [6.07, 6.45) is 2.24. The Hall–Kier alpha value is -2.58. The van der Waals surface area contributed by atoms with E-state index in [0.29, 0.717) is 6.54 Å². The third-order valence-corrected chi connectivity index (χ3v) is 6.42. The number of para-hydroxylation sites is 1. The predicted octanol–water partition coefficient (Wildman–Crippen LogP) is 3.96. The molecule has 2 aromatic heterocycles. The van der Waals surface area contributed by atoms with Crippen LogP contribution in [0, 0.1) is 12.8 Å². The molecule has 0 aliphatic carbocycles. The highest BCUT2D eigenvalue weighted by Crippen LogP contribution is 2.32. The number of aryl methyl sites for hydroxylation is 1. The monoisotopic (exact) mass is 452 g/mol. The van der Waals surface area contributed by atoms with Gasteiger partial charge in [-0.3, -0.25) is 9.69 Å². The summed E-state index contributed by atoms with van der Waals surface area (Å²) < 4.78 is 7.91. The topological polar surface area (TPSA) is 88.9 Å². The second kappa shape index (κ2) is 9.35. The number of fused-ring (bicyclic) bond motifs is 1. The molecule has 1 aromatic carbocycles. The predicted molar refractivity (Wildman–Crippen MR) is 129 cm³/mol. The molecule has 0 amide bonds. The van der Waals surface area contributed by atoms with E-state index in [9.17, 15) is 4.79 Å². The van der Waals surface area contributed by atoms with Gasteiger partial charge in [-0.25, -0.2) is 4.68 Å². The van der Waals surface area contributed by atoms with Crippen molar-refractivity contribution < 1.29 is 4.74 Å². The van der Waals surface area contributed by atoms with Gasteiger partial charge in [0.05, 0.1) is 23.2 Å². The highest BCUT2D eigenvalue weighted by molar-refractivity contribution is 5.81. The zero-order valence-electron chi connectivity index (χ0n) is 20.6. The Morgan fingerprint density at radius 2 is 2.09 bits per heavy atom. The minimum atomic E-state index is -0.251. The quantitative estimate of drug-likeness (QED) is 0.584. The van der Waals surface area contributed by atoms with E-state index in [4.69, 9.17) is 4.74 Å². The Morgan fingerprint density at radius 3 is 2.76 bits per heavy atom. The van der Waals surface area contributed by atoms with E-state index >= 15 is 0 Å². The number of benzene rings is 1. The second-order valence-corrected chi connectivity index (χ2v) is 10.5. The number of ether oxygens (including phenoxy) is 1. The molecule has 3 aromatic rings. The van der Waals surface area contributed by atoms with Crippen molar-refractivity contribution in [3.63, 3.8) is 0 Å². The van der Waals surface area contributed by atoms with Gasteiger partial charge in [-0.2, -0.15) is 0 Å². The van der Waals surface area contributed by atoms with Gasteiger partial charge in [0.1, 0.15) is 0 Å². The fourth-order valence-electron chi connectivity index (χ4n) is 4.83. The minimum Gasteiger partial charge on any atom is -0.377 e. The van der Waals surface area contributed by atoms with Crippen LogP contribution in [0.2, 0.25) is 0 Å². The number of hydrogen-bond acceptors (Lipinski definition) is 6. The normalized spacial score (nSPS) is 18.0. The number of H-pyrrole nitrogens is 1. The Labute approximate surface area is 195 Å². The first-order valence-corrected chi connectivity index (χ1v) is 11.9. The van der Waals surface area contributed by atoms with E-state index < -0.39 is 0 Å². The van der Waals surface area contributed by atoms with Crippen LogP contribution in [0.3, 0.4) is 0 Å². The molecular weight excluding hydrogens is 416 g/mol. The molecule has 1 fully saturated rings. The van der Waals surface area contributed by atoms with Gasteiger partial charge >= 0.3 is 0 Å². The molecule has 0 radical (unpaired) electrons. The van der Waals surface area contributed by atoms with Crippen molar-refractivity contribution >= 4 is 10.9 Å². The van der Waals surface area contributed by atoms with Crippen LogP contribution in [0.5, 0.6) is 0 Å². The van der Waals surface area contributed by atoms with Crippen molar-refractivity contribution in [2.45, 2.75) is 78.6 Å². The van der Waals surface area contributed by atoms with E-state index in [1.807, 2.05) is 35.9 Å². The van der Waals surface area contributed by atoms with E-state index in [1.54, 1.807) is 0 Å². The highest BCUT2D eigenvalue weighted by Gasteiger charge is 2.34. The van der Waals surface area contributed by atoms with Crippen LogP contribution >= 0.6 is 0 Å². The van der Waals surface area contributed by atoms with Gasteiger partial charge in [0.15, 0.2) is 5.82 Å². The zero-order valence-corrected chi connectivity index (χ0v) is 20.6. The van der Waals surface area contributed by atoms with Crippen LogP contribution in [0.15, 0.2) is 29.1 Å². The van der Waals surface area contributed by atoms with Crippen molar-refractivity contribution in [2.75, 3.05) is 13.2 Å². The number of nitrogens with zero attached hydrogens (tertiary/aromatic N) is 5. The van der Waals surface area contributed by atoms with Gasteiger partial charge in [0.25, 0.3) is 5.56 Å². The van der Waals surface area contributed by atoms with Gasteiger partial charge in [0, 0.05) is 25.3 Å². The number of pyridine rings is 1. The molecule has 0 spiro atoms. The van der Waals surface area contributed by atoms with Crippen molar-refractivity contribution in [1.82, 2.24) is 30.1 Å². The molecule has 0 bridgehead atoms. The molecular formula is C25H36N6O2. The number of tetrazole rings is 1. The summed E-state index contributed by atoms with van der Waals surface area (Å²) in [5.74, 6) is 1.06. The molecule has 8 nitrogen and oxygen atoms in total. The first kappa shape index (κ1) is 23.6. The van der Waals surface area contributed by atoms with Gasteiger partial charge in [-0.15, -0.1) is 5.10 Å². The van der Waals surface area contributed by atoms with Crippen LogP contribution in [0.4, 0.5) is 0 Å². The van der Waals surface area contributed by atoms with Crippen LogP contribution in [-0.4, -0.2) is 49.3 Å². The number of aromatic amines is 1. The molecule has 0 saturated carbocycles. The van der Waals surface area contributed by atoms with Crippen molar-refractivity contribution in [2.24, 2.45) is 5.92 Å². The van der Waals surface area contributed by atoms with Gasteiger partial charge < -0.3 is 9.72 Å². The zero-order chi connectivity index (χ0) is 23.8. The summed E-state index contributed by atoms with van der Waals surface area (Å²) in [4.78, 5) is 18.5. The van der Waals surface area contributed by atoms with Gasteiger partial charge in [0.2, 0.25) is 0 Å². The first-order valence-electron chi connectivity index (χ1n) is 11.9. The summed E-state index contributed by atoms with van der Waals surface area (Å²) in [5, 5.41) is 13.8. The molecule has 1 aliphatic heterocycles. The fourth-order valence-corrected chi connectivity index (χ4v) is 4.83. The van der Waals surface area contributed by atoms with Gasteiger partial charge in [-0.1, -0.05) is 32.0 Å². The Balaban J connectivity index is 1.76. The van der Waals surface area contributed by atoms with Crippen LogP contribution in [0.1, 0.15) is 70.5 Å².